The Kier molecular flexibility index (Phi) is 3.46. The number of halogens is 2. The summed E-state index contributed by atoms with van der Waals surface area (Å²) in [7, 11) is 0. The van der Waals surface area contributed by atoms with E-state index < -0.39 is 23.1 Å². The number of carbonyl (C=O) groups excluding carboxylic acids is 1. The van der Waals surface area contributed by atoms with Crippen LogP contribution < -0.4 is 11.1 Å². The number of anilines is 2. The Morgan fingerprint density at radius 1 is 1.16 bits per heavy atom. The van der Waals surface area contributed by atoms with Gasteiger partial charge in [0, 0.05) is 11.4 Å². The van der Waals surface area contributed by atoms with Crippen LogP contribution in [0.4, 0.5) is 20.2 Å². The summed E-state index contributed by atoms with van der Waals surface area (Å²) in [6.07, 6.45) is 0. The fraction of sp³-hybridized carbons (Fsp3) is 0.0714. The molecule has 0 unspecified atom stereocenters. The van der Waals surface area contributed by atoms with Crippen molar-refractivity contribution in [1.82, 2.24) is 0 Å². The van der Waals surface area contributed by atoms with Gasteiger partial charge in [-0.1, -0.05) is 12.1 Å². The number of hydrogen-bond donors (Lipinski definition) is 2. The van der Waals surface area contributed by atoms with Gasteiger partial charge in [-0.05, 0) is 36.8 Å². The Morgan fingerprint density at radius 2 is 1.79 bits per heavy atom. The summed E-state index contributed by atoms with van der Waals surface area (Å²) in [5, 5.41) is 2.41. The van der Waals surface area contributed by atoms with Crippen molar-refractivity contribution in [3.63, 3.8) is 0 Å². The van der Waals surface area contributed by atoms with Crippen LogP contribution in [-0.4, -0.2) is 5.91 Å². The summed E-state index contributed by atoms with van der Waals surface area (Å²) in [5.74, 6) is -2.66. The van der Waals surface area contributed by atoms with Crippen LogP contribution in [0.5, 0.6) is 0 Å². The summed E-state index contributed by atoms with van der Waals surface area (Å²) in [5.41, 5.74) is 6.82. The van der Waals surface area contributed by atoms with Crippen LogP contribution in [0.15, 0.2) is 36.4 Å². The van der Waals surface area contributed by atoms with Crippen LogP contribution in [0.3, 0.4) is 0 Å². The smallest absolute Gasteiger partial charge is 0.261 e. The Bertz CT molecular complexity index is 621. The van der Waals surface area contributed by atoms with Crippen molar-refractivity contribution in [3.05, 3.63) is 59.2 Å². The predicted octanol–water partition coefficient (Wildman–Crippen LogP) is 3.11. The van der Waals surface area contributed by atoms with Crippen molar-refractivity contribution in [2.75, 3.05) is 11.1 Å². The highest BCUT2D eigenvalue weighted by molar-refractivity contribution is 6.04. The maximum Gasteiger partial charge on any atom is 0.261 e. The van der Waals surface area contributed by atoms with Crippen LogP contribution in [-0.2, 0) is 0 Å². The Balaban J connectivity index is 2.28. The van der Waals surface area contributed by atoms with Crippen LogP contribution in [0.2, 0.25) is 0 Å². The van der Waals surface area contributed by atoms with E-state index in [0.29, 0.717) is 11.4 Å². The van der Waals surface area contributed by atoms with Gasteiger partial charge in [0.1, 0.15) is 17.2 Å². The topological polar surface area (TPSA) is 55.1 Å². The second kappa shape index (κ2) is 5.06. The SMILES string of the molecule is Cc1ccc(NC(=O)c2c(F)cccc2F)cc1N. The van der Waals surface area contributed by atoms with Crippen molar-refractivity contribution in [2.24, 2.45) is 0 Å². The van der Waals surface area contributed by atoms with Crippen LogP contribution in [0.25, 0.3) is 0 Å². The first-order valence-electron chi connectivity index (χ1n) is 5.60. The van der Waals surface area contributed by atoms with Crippen LogP contribution >= 0.6 is 0 Å². The molecule has 0 aliphatic rings. The average Bonchev–Trinajstić information content (AvgIpc) is 2.33. The van der Waals surface area contributed by atoms with Crippen molar-refractivity contribution in [3.8, 4) is 0 Å². The van der Waals surface area contributed by atoms with Gasteiger partial charge in [-0.2, -0.15) is 0 Å². The molecule has 0 aromatic heterocycles. The van der Waals surface area contributed by atoms with Crippen LogP contribution in [0.1, 0.15) is 15.9 Å². The molecule has 0 aliphatic heterocycles. The van der Waals surface area contributed by atoms with E-state index in [9.17, 15) is 13.6 Å². The third-order valence-corrected chi connectivity index (χ3v) is 2.73. The number of carbonyl (C=O) groups is 1. The lowest BCUT2D eigenvalue weighted by Crippen LogP contribution is -2.16. The largest absolute Gasteiger partial charge is 0.398 e. The quantitative estimate of drug-likeness (QED) is 0.817. The fourth-order valence-corrected chi connectivity index (χ4v) is 1.63. The molecule has 0 spiro atoms. The first-order chi connectivity index (χ1) is 8.99. The lowest BCUT2D eigenvalue weighted by atomic mass is 10.1. The number of nitrogens with two attached hydrogens (primary N) is 1. The van der Waals surface area contributed by atoms with E-state index in [-0.39, 0.29) is 0 Å². The van der Waals surface area contributed by atoms with Gasteiger partial charge in [0.25, 0.3) is 5.91 Å². The number of aryl methyl sites for hydroxylation is 1. The monoisotopic (exact) mass is 262 g/mol. The molecular formula is C14H12F2N2O. The fourth-order valence-electron chi connectivity index (χ4n) is 1.63. The van der Waals surface area contributed by atoms with E-state index in [1.807, 2.05) is 6.92 Å². The van der Waals surface area contributed by atoms with E-state index in [4.69, 9.17) is 5.73 Å². The molecule has 3 nitrogen and oxygen atoms in total. The van der Waals surface area contributed by atoms with Gasteiger partial charge >= 0.3 is 0 Å². The molecule has 2 aromatic carbocycles. The Labute approximate surface area is 109 Å². The minimum Gasteiger partial charge on any atom is -0.398 e. The van der Waals surface area contributed by atoms with E-state index in [2.05, 4.69) is 5.32 Å². The summed E-state index contributed by atoms with van der Waals surface area (Å²) >= 11 is 0. The van der Waals surface area contributed by atoms with E-state index >= 15 is 0 Å². The minimum atomic E-state index is -0.905. The first-order valence-corrected chi connectivity index (χ1v) is 5.60. The molecule has 19 heavy (non-hydrogen) atoms. The number of benzene rings is 2. The second-order valence-corrected chi connectivity index (χ2v) is 4.12. The molecule has 0 saturated heterocycles. The zero-order valence-electron chi connectivity index (χ0n) is 10.2. The number of hydrogen-bond acceptors (Lipinski definition) is 2. The zero-order chi connectivity index (χ0) is 14.0. The Hall–Kier alpha value is -2.43. The number of nitrogens with one attached hydrogen (secondary N) is 1. The molecule has 0 fully saturated rings. The van der Waals surface area contributed by atoms with Gasteiger partial charge < -0.3 is 11.1 Å². The molecule has 1 amide bonds. The highest BCUT2D eigenvalue weighted by Gasteiger charge is 2.17. The predicted molar refractivity (Wildman–Crippen MR) is 69.9 cm³/mol. The maximum absolute atomic E-state index is 13.4. The molecular weight excluding hydrogens is 250 g/mol. The maximum atomic E-state index is 13.4. The molecule has 0 atom stereocenters. The van der Waals surface area contributed by atoms with Crippen LogP contribution in [0, 0.1) is 18.6 Å². The molecule has 0 bridgehead atoms. The van der Waals surface area contributed by atoms with Gasteiger partial charge in [-0.3, -0.25) is 4.79 Å². The molecule has 0 saturated carbocycles. The van der Waals surface area contributed by atoms with Crippen molar-refractivity contribution in [1.29, 1.82) is 0 Å². The summed E-state index contributed by atoms with van der Waals surface area (Å²) < 4.78 is 26.8. The van der Waals surface area contributed by atoms with Crippen molar-refractivity contribution < 1.29 is 13.6 Å². The average molecular weight is 262 g/mol. The molecule has 2 rings (SSSR count). The normalized spacial score (nSPS) is 10.3. The molecule has 3 N–H and O–H groups in total. The molecule has 0 heterocycles. The zero-order valence-corrected chi connectivity index (χ0v) is 10.2. The van der Waals surface area contributed by atoms with Gasteiger partial charge in [-0.15, -0.1) is 0 Å². The van der Waals surface area contributed by atoms with Gasteiger partial charge in [0.05, 0.1) is 0 Å². The van der Waals surface area contributed by atoms with Crippen molar-refractivity contribution in [2.45, 2.75) is 6.92 Å². The standard InChI is InChI=1S/C14H12F2N2O/c1-8-5-6-9(7-12(8)17)18-14(19)13-10(15)3-2-4-11(13)16/h2-7H,17H2,1H3,(H,18,19). The lowest BCUT2D eigenvalue weighted by molar-refractivity contribution is 0.101. The summed E-state index contributed by atoms with van der Waals surface area (Å²) in [6, 6.07) is 8.12. The molecule has 0 aliphatic carbocycles. The highest BCUT2D eigenvalue weighted by Crippen LogP contribution is 2.19. The molecule has 2 aromatic rings. The van der Waals surface area contributed by atoms with E-state index in [0.717, 1.165) is 17.7 Å². The minimum absolute atomic E-state index is 0.385. The van der Waals surface area contributed by atoms with E-state index in [1.54, 1.807) is 12.1 Å². The third-order valence-electron chi connectivity index (χ3n) is 2.73. The third kappa shape index (κ3) is 2.70. The van der Waals surface area contributed by atoms with Gasteiger partial charge in [-0.25, -0.2) is 8.78 Å². The lowest BCUT2D eigenvalue weighted by Gasteiger charge is -2.08. The van der Waals surface area contributed by atoms with Gasteiger partial charge in [0.15, 0.2) is 0 Å². The molecule has 98 valence electrons. The van der Waals surface area contributed by atoms with Gasteiger partial charge in [0.2, 0.25) is 0 Å². The summed E-state index contributed by atoms with van der Waals surface area (Å²) in [4.78, 5) is 11.8. The Morgan fingerprint density at radius 3 is 2.37 bits per heavy atom. The summed E-state index contributed by atoms with van der Waals surface area (Å²) in [6.45, 7) is 1.82. The number of rotatable bonds is 2. The molecule has 0 radical (unpaired) electrons. The molecule has 5 heteroatoms. The number of nitrogen functional groups attached to an aromatic ring is 1. The first kappa shape index (κ1) is 13.0. The number of amides is 1. The van der Waals surface area contributed by atoms with E-state index in [1.165, 1.54) is 12.1 Å². The van der Waals surface area contributed by atoms with Crippen molar-refractivity contribution >= 4 is 17.3 Å². The second-order valence-electron chi connectivity index (χ2n) is 4.12. The highest BCUT2D eigenvalue weighted by atomic mass is 19.1.